The van der Waals surface area contributed by atoms with Crippen molar-refractivity contribution in [3.05, 3.63) is 41.6 Å². The van der Waals surface area contributed by atoms with Crippen LogP contribution >= 0.6 is 0 Å². The van der Waals surface area contributed by atoms with Crippen LogP contribution in [0.5, 0.6) is 0 Å². The number of likely N-dealkylation sites (N-methyl/N-ethyl adjacent to an activating group) is 1. The van der Waals surface area contributed by atoms with Crippen molar-refractivity contribution >= 4 is 23.1 Å². The molecule has 1 saturated heterocycles. The van der Waals surface area contributed by atoms with Gasteiger partial charge < -0.3 is 9.80 Å². The normalized spacial score (nSPS) is 15.4. The third-order valence-corrected chi connectivity index (χ3v) is 4.82. The summed E-state index contributed by atoms with van der Waals surface area (Å²) in [5, 5.41) is 7.85. The summed E-state index contributed by atoms with van der Waals surface area (Å²) in [6, 6.07) is 5.53. The van der Waals surface area contributed by atoms with E-state index in [9.17, 15) is 13.6 Å². The summed E-state index contributed by atoms with van der Waals surface area (Å²) in [6.45, 7) is 5.66. The molecule has 27 heavy (non-hydrogen) atoms. The van der Waals surface area contributed by atoms with E-state index >= 15 is 0 Å². The average Bonchev–Trinajstić information content (AvgIpc) is 3.11. The van der Waals surface area contributed by atoms with Crippen molar-refractivity contribution in [2.24, 2.45) is 0 Å². The fourth-order valence-corrected chi connectivity index (χ4v) is 3.33. The summed E-state index contributed by atoms with van der Waals surface area (Å²) in [5.41, 5.74) is 1.03. The molecule has 0 atom stereocenters. The molecule has 0 radical (unpaired) electrons. The van der Waals surface area contributed by atoms with Crippen LogP contribution in [0.25, 0.3) is 16.9 Å². The zero-order valence-electron chi connectivity index (χ0n) is 14.8. The van der Waals surface area contributed by atoms with E-state index in [4.69, 9.17) is 0 Å². The zero-order chi connectivity index (χ0) is 19.0. The fraction of sp³-hybridized carbons (Fsp3) is 0.333. The van der Waals surface area contributed by atoms with Crippen molar-refractivity contribution in [3.8, 4) is 5.69 Å². The molecule has 0 aliphatic carbocycles. The molecule has 9 heteroatoms. The largest absolute Gasteiger partial charge is 0.364 e. The number of carbonyl (C=O) groups is 1. The van der Waals surface area contributed by atoms with Crippen LogP contribution < -0.4 is 4.90 Å². The molecule has 0 spiro atoms. The summed E-state index contributed by atoms with van der Waals surface area (Å²) in [4.78, 5) is 19.0. The summed E-state index contributed by atoms with van der Waals surface area (Å²) in [7, 11) is 0. The third-order valence-electron chi connectivity index (χ3n) is 4.82. The molecule has 140 valence electrons. The van der Waals surface area contributed by atoms with Gasteiger partial charge in [-0.3, -0.25) is 4.79 Å². The Morgan fingerprint density at radius 2 is 1.81 bits per heavy atom. The van der Waals surface area contributed by atoms with E-state index < -0.39 is 11.6 Å². The lowest BCUT2D eigenvalue weighted by Crippen LogP contribution is -2.46. The maximum atomic E-state index is 14.8. The minimum Gasteiger partial charge on any atom is -0.364 e. The maximum Gasteiger partial charge on any atom is 0.184 e. The number of fused-ring (bicyclic) bond motifs is 1. The number of piperazine rings is 1. The summed E-state index contributed by atoms with van der Waals surface area (Å²) < 4.78 is 30.8. The van der Waals surface area contributed by atoms with Gasteiger partial charge in [0, 0.05) is 38.3 Å². The first-order valence-corrected chi connectivity index (χ1v) is 8.75. The van der Waals surface area contributed by atoms with Gasteiger partial charge in [-0.05, 0) is 18.7 Å². The van der Waals surface area contributed by atoms with Crippen molar-refractivity contribution in [1.29, 1.82) is 0 Å². The van der Waals surface area contributed by atoms with Gasteiger partial charge in [0.1, 0.15) is 16.9 Å². The number of hydrogen-bond donors (Lipinski definition) is 0. The van der Waals surface area contributed by atoms with E-state index in [2.05, 4.69) is 27.1 Å². The van der Waals surface area contributed by atoms with Crippen LogP contribution in [0.1, 0.15) is 17.4 Å². The molecule has 0 N–H and O–H groups in total. The van der Waals surface area contributed by atoms with E-state index in [1.807, 2.05) is 0 Å². The highest BCUT2D eigenvalue weighted by molar-refractivity contribution is 5.79. The lowest BCUT2D eigenvalue weighted by Gasteiger charge is -2.35. The second kappa shape index (κ2) is 6.99. The van der Waals surface area contributed by atoms with Crippen LogP contribution in [0.15, 0.2) is 24.3 Å². The number of benzene rings is 1. The van der Waals surface area contributed by atoms with Crippen molar-refractivity contribution in [2.75, 3.05) is 37.6 Å². The van der Waals surface area contributed by atoms with E-state index in [-0.39, 0.29) is 22.7 Å². The Labute approximate surface area is 154 Å². The highest BCUT2D eigenvalue weighted by atomic mass is 19.1. The summed E-state index contributed by atoms with van der Waals surface area (Å²) in [6.07, 6.45) is 0.594. The molecule has 2 aromatic heterocycles. The van der Waals surface area contributed by atoms with Gasteiger partial charge in [0.2, 0.25) is 0 Å². The summed E-state index contributed by atoms with van der Waals surface area (Å²) in [5.74, 6) is -1.32. The maximum absolute atomic E-state index is 14.8. The van der Waals surface area contributed by atoms with Gasteiger partial charge in [0.15, 0.2) is 23.6 Å². The topological polar surface area (TPSA) is 67.2 Å². The molecule has 0 unspecified atom stereocenters. The first-order chi connectivity index (χ1) is 13.1. The number of aromatic nitrogens is 4. The highest BCUT2D eigenvalue weighted by Crippen LogP contribution is 2.28. The van der Waals surface area contributed by atoms with Crippen LogP contribution in [0.2, 0.25) is 0 Å². The average molecular weight is 372 g/mol. The number of anilines is 1. The number of halogens is 2. The third kappa shape index (κ3) is 3.14. The first kappa shape index (κ1) is 17.5. The van der Waals surface area contributed by atoms with Crippen molar-refractivity contribution in [1.82, 2.24) is 24.9 Å². The predicted octanol–water partition coefficient (Wildman–Crippen LogP) is 2.05. The Morgan fingerprint density at radius 3 is 2.44 bits per heavy atom. The number of nitrogens with zero attached hydrogens (tertiary/aromatic N) is 6. The van der Waals surface area contributed by atoms with Crippen molar-refractivity contribution < 1.29 is 13.6 Å². The molecule has 1 aromatic carbocycles. The fourth-order valence-electron chi connectivity index (χ4n) is 3.33. The minimum absolute atomic E-state index is 0.0273. The number of rotatable bonds is 4. The molecule has 1 aliphatic heterocycles. The number of hydrogen-bond acceptors (Lipinski definition) is 6. The molecule has 1 aliphatic rings. The monoisotopic (exact) mass is 372 g/mol. The lowest BCUT2D eigenvalue weighted by atomic mass is 10.2. The quantitative estimate of drug-likeness (QED) is 0.653. The number of pyridine rings is 1. The molecule has 0 amide bonds. The van der Waals surface area contributed by atoms with E-state index in [0.29, 0.717) is 24.9 Å². The van der Waals surface area contributed by atoms with Crippen LogP contribution in [0.4, 0.5) is 14.5 Å². The van der Waals surface area contributed by atoms with Crippen LogP contribution in [0.3, 0.4) is 0 Å². The molecule has 1 fully saturated rings. The van der Waals surface area contributed by atoms with Gasteiger partial charge >= 0.3 is 0 Å². The molecule has 3 heterocycles. The number of carbonyl (C=O) groups excluding carboxylic acids is 1. The van der Waals surface area contributed by atoms with Gasteiger partial charge in [0.05, 0.1) is 5.69 Å². The SMILES string of the molecule is CCN1CCN(c2c(F)cc(-n3nnc4ccc(C=O)nc43)cc2F)CC1. The Morgan fingerprint density at radius 1 is 1.11 bits per heavy atom. The van der Waals surface area contributed by atoms with Crippen LogP contribution in [0, 0.1) is 11.6 Å². The molecule has 7 nitrogen and oxygen atoms in total. The second-order valence-electron chi connectivity index (χ2n) is 6.38. The van der Waals surface area contributed by atoms with Gasteiger partial charge in [-0.2, -0.15) is 4.68 Å². The van der Waals surface area contributed by atoms with Crippen molar-refractivity contribution in [3.63, 3.8) is 0 Å². The van der Waals surface area contributed by atoms with Crippen LogP contribution in [-0.2, 0) is 0 Å². The predicted molar refractivity (Wildman–Crippen MR) is 96.3 cm³/mol. The second-order valence-corrected chi connectivity index (χ2v) is 6.38. The summed E-state index contributed by atoms with van der Waals surface area (Å²) >= 11 is 0. The zero-order valence-corrected chi connectivity index (χ0v) is 14.8. The van der Waals surface area contributed by atoms with Gasteiger partial charge in [-0.25, -0.2) is 13.8 Å². The lowest BCUT2D eigenvalue weighted by molar-refractivity contribution is 0.111. The molecular formula is C18H18F2N6O. The van der Waals surface area contributed by atoms with Gasteiger partial charge in [-0.1, -0.05) is 12.1 Å². The smallest absolute Gasteiger partial charge is 0.184 e. The molecule has 0 saturated carbocycles. The Kier molecular flexibility index (Phi) is 4.53. The Balaban J connectivity index is 1.71. The molecule has 4 rings (SSSR count). The van der Waals surface area contributed by atoms with E-state index in [1.165, 1.54) is 22.9 Å². The molecular weight excluding hydrogens is 354 g/mol. The molecule has 3 aromatic rings. The first-order valence-electron chi connectivity index (χ1n) is 8.75. The van der Waals surface area contributed by atoms with E-state index in [0.717, 1.165) is 19.6 Å². The van der Waals surface area contributed by atoms with Crippen molar-refractivity contribution in [2.45, 2.75) is 6.92 Å². The standard InChI is InChI=1S/C18H18F2N6O/c1-2-24-5-7-25(8-6-24)17-14(19)9-13(10-15(17)20)26-18-16(22-23-26)4-3-12(11-27)21-18/h3-4,9-11H,2,5-8H2,1H3. The van der Waals surface area contributed by atoms with E-state index in [1.54, 1.807) is 11.0 Å². The minimum atomic E-state index is -0.662. The Bertz CT molecular complexity index is 974. The Hall–Kier alpha value is -2.94. The van der Waals surface area contributed by atoms with Crippen LogP contribution in [-0.4, -0.2) is 63.9 Å². The van der Waals surface area contributed by atoms with Gasteiger partial charge in [0.25, 0.3) is 0 Å². The molecule has 0 bridgehead atoms. The highest BCUT2D eigenvalue weighted by Gasteiger charge is 2.23. The van der Waals surface area contributed by atoms with Gasteiger partial charge in [-0.15, -0.1) is 5.10 Å². The number of aldehydes is 1.